The molecule has 1 saturated carbocycles. The third-order valence-electron chi connectivity index (χ3n) is 5.92. The van der Waals surface area contributed by atoms with Gasteiger partial charge >= 0.3 is 0 Å². The maximum Gasteiger partial charge on any atom is 0.225 e. The Kier molecular flexibility index (Phi) is 5.17. The molecule has 0 aromatic rings. The number of rotatable bonds is 3. The lowest BCUT2D eigenvalue weighted by molar-refractivity contribution is -0.136. The molecule has 0 aromatic carbocycles. The van der Waals surface area contributed by atoms with Crippen molar-refractivity contribution < 1.29 is 4.79 Å². The van der Waals surface area contributed by atoms with Gasteiger partial charge in [-0.25, -0.2) is 0 Å². The number of hydrogen-bond donors (Lipinski definition) is 1. The second-order valence-electron chi connectivity index (χ2n) is 7.14. The minimum Gasteiger partial charge on any atom is -0.341 e. The lowest BCUT2D eigenvalue weighted by Gasteiger charge is -2.33. The van der Waals surface area contributed by atoms with Crippen molar-refractivity contribution in [1.82, 2.24) is 15.1 Å². The molecule has 1 aliphatic carbocycles. The Morgan fingerprint density at radius 1 is 1.05 bits per heavy atom. The molecule has 3 rings (SSSR count). The molecular formula is C17H31N3O. The van der Waals surface area contributed by atoms with Gasteiger partial charge in [-0.2, -0.15) is 0 Å². The molecular weight excluding hydrogens is 262 g/mol. The number of carbonyl (C=O) groups excluding carboxylic acids is 1. The third-order valence-corrected chi connectivity index (χ3v) is 5.92. The molecule has 3 fully saturated rings. The van der Waals surface area contributed by atoms with Gasteiger partial charge < -0.3 is 10.2 Å². The summed E-state index contributed by atoms with van der Waals surface area (Å²) in [7, 11) is 0. The summed E-state index contributed by atoms with van der Waals surface area (Å²) < 4.78 is 0. The molecule has 0 bridgehead atoms. The Morgan fingerprint density at radius 3 is 2.43 bits per heavy atom. The van der Waals surface area contributed by atoms with Gasteiger partial charge in [0, 0.05) is 51.2 Å². The summed E-state index contributed by atoms with van der Waals surface area (Å²) in [4.78, 5) is 17.5. The van der Waals surface area contributed by atoms with Gasteiger partial charge in [0.05, 0.1) is 0 Å². The highest BCUT2D eigenvalue weighted by atomic mass is 16.2. The first kappa shape index (κ1) is 15.3. The Bertz CT molecular complexity index is 346. The van der Waals surface area contributed by atoms with Crippen molar-refractivity contribution in [1.29, 1.82) is 0 Å². The maximum atomic E-state index is 12.7. The van der Waals surface area contributed by atoms with E-state index < -0.39 is 0 Å². The minimum atomic E-state index is 0.328. The van der Waals surface area contributed by atoms with Crippen LogP contribution in [0.4, 0.5) is 0 Å². The summed E-state index contributed by atoms with van der Waals surface area (Å²) in [6.07, 6.45) is 7.26. The summed E-state index contributed by atoms with van der Waals surface area (Å²) >= 11 is 0. The highest BCUT2D eigenvalue weighted by molar-refractivity contribution is 5.79. The molecule has 1 amide bonds. The van der Waals surface area contributed by atoms with Gasteiger partial charge in [0.15, 0.2) is 0 Å². The van der Waals surface area contributed by atoms with E-state index in [1.165, 1.54) is 25.7 Å². The molecule has 4 nitrogen and oxygen atoms in total. The molecule has 1 unspecified atom stereocenters. The number of piperazine rings is 1. The molecule has 0 spiro atoms. The van der Waals surface area contributed by atoms with E-state index in [9.17, 15) is 4.79 Å². The summed E-state index contributed by atoms with van der Waals surface area (Å²) in [6, 6.07) is 0.614. The van der Waals surface area contributed by atoms with E-state index in [2.05, 4.69) is 22.0 Å². The topological polar surface area (TPSA) is 35.6 Å². The molecule has 0 radical (unpaired) electrons. The highest BCUT2D eigenvalue weighted by Gasteiger charge is 2.35. The number of nitrogens with zero attached hydrogens (tertiary/aromatic N) is 2. The predicted octanol–water partition coefficient (Wildman–Crippen LogP) is 1.71. The van der Waals surface area contributed by atoms with E-state index >= 15 is 0 Å². The van der Waals surface area contributed by atoms with Crippen molar-refractivity contribution in [3.63, 3.8) is 0 Å². The van der Waals surface area contributed by atoms with E-state index in [-0.39, 0.29) is 0 Å². The normalized spacial score (nSPS) is 35.1. The SMILES string of the molecule is CCC1CCC(C(=O)N2CCC(N3CCNCC3)C2)CC1. The number of nitrogens with one attached hydrogen (secondary N) is 1. The first-order valence-electron chi connectivity index (χ1n) is 9.01. The van der Waals surface area contributed by atoms with Crippen LogP contribution in [0.5, 0.6) is 0 Å². The zero-order chi connectivity index (χ0) is 14.7. The molecule has 21 heavy (non-hydrogen) atoms. The monoisotopic (exact) mass is 293 g/mol. The van der Waals surface area contributed by atoms with Crippen molar-refractivity contribution >= 4 is 5.91 Å². The van der Waals surface area contributed by atoms with E-state index in [4.69, 9.17) is 0 Å². The largest absolute Gasteiger partial charge is 0.341 e. The lowest BCUT2D eigenvalue weighted by Crippen LogP contribution is -2.49. The standard InChI is InChI=1S/C17H31N3O/c1-2-14-3-5-15(6-4-14)17(21)20-10-7-16(13-20)19-11-8-18-9-12-19/h14-16,18H,2-13H2,1H3. The van der Waals surface area contributed by atoms with Crippen molar-refractivity contribution in [2.75, 3.05) is 39.3 Å². The van der Waals surface area contributed by atoms with Crippen LogP contribution in [0, 0.1) is 11.8 Å². The third kappa shape index (κ3) is 3.59. The van der Waals surface area contributed by atoms with E-state index in [0.29, 0.717) is 17.9 Å². The Morgan fingerprint density at radius 2 is 1.76 bits per heavy atom. The number of carbonyl (C=O) groups is 1. The number of likely N-dealkylation sites (tertiary alicyclic amines) is 1. The van der Waals surface area contributed by atoms with Crippen LogP contribution >= 0.6 is 0 Å². The summed E-state index contributed by atoms with van der Waals surface area (Å²) in [5.41, 5.74) is 0. The molecule has 2 heterocycles. The van der Waals surface area contributed by atoms with Crippen molar-refractivity contribution in [3.8, 4) is 0 Å². The first-order chi connectivity index (χ1) is 10.3. The summed E-state index contributed by atoms with van der Waals surface area (Å²) in [6.45, 7) is 8.75. The Labute approximate surface area is 129 Å². The van der Waals surface area contributed by atoms with Crippen LogP contribution in [0.15, 0.2) is 0 Å². The first-order valence-corrected chi connectivity index (χ1v) is 9.01. The molecule has 1 atom stereocenters. The summed E-state index contributed by atoms with van der Waals surface area (Å²) in [5.74, 6) is 1.66. The van der Waals surface area contributed by atoms with Crippen LogP contribution in [-0.4, -0.2) is 61.0 Å². The minimum absolute atomic E-state index is 0.328. The molecule has 1 N–H and O–H groups in total. The molecule has 4 heteroatoms. The second-order valence-corrected chi connectivity index (χ2v) is 7.14. The van der Waals surface area contributed by atoms with E-state index in [1.807, 2.05) is 0 Å². The molecule has 2 saturated heterocycles. The van der Waals surface area contributed by atoms with Crippen LogP contribution in [0.3, 0.4) is 0 Å². The van der Waals surface area contributed by atoms with Gasteiger partial charge in [-0.05, 0) is 38.0 Å². The fourth-order valence-electron chi connectivity index (χ4n) is 4.36. The maximum absolute atomic E-state index is 12.7. The van der Waals surface area contributed by atoms with E-state index in [1.54, 1.807) is 0 Å². The molecule has 2 aliphatic heterocycles. The van der Waals surface area contributed by atoms with Gasteiger partial charge in [0.2, 0.25) is 5.91 Å². The average Bonchev–Trinajstić information content (AvgIpc) is 3.05. The molecule has 120 valence electrons. The predicted molar refractivity (Wildman–Crippen MR) is 85.2 cm³/mol. The summed E-state index contributed by atoms with van der Waals surface area (Å²) in [5, 5.41) is 3.41. The van der Waals surface area contributed by atoms with Crippen LogP contribution in [-0.2, 0) is 4.79 Å². The quantitative estimate of drug-likeness (QED) is 0.860. The molecule has 3 aliphatic rings. The van der Waals surface area contributed by atoms with Crippen molar-refractivity contribution in [2.24, 2.45) is 11.8 Å². The van der Waals surface area contributed by atoms with Gasteiger partial charge in [-0.3, -0.25) is 9.69 Å². The van der Waals surface area contributed by atoms with E-state index in [0.717, 1.165) is 58.0 Å². The fraction of sp³-hybridized carbons (Fsp3) is 0.941. The van der Waals surface area contributed by atoms with Crippen molar-refractivity contribution in [3.05, 3.63) is 0 Å². The van der Waals surface area contributed by atoms with Gasteiger partial charge in [-0.1, -0.05) is 13.3 Å². The molecule has 0 aromatic heterocycles. The van der Waals surface area contributed by atoms with Gasteiger partial charge in [0.1, 0.15) is 0 Å². The van der Waals surface area contributed by atoms with Gasteiger partial charge in [-0.15, -0.1) is 0 Å². The fourth-order valence-corrected chi connectivity index (χ4v) is 4.36. The Balaban J connectivity index is 1.48. The zero-order valence-corrected chi connectivity index (χ0v) is 13.5. The van der Waals surface area contributed by atoms with Gasteiger partial charge in [0.25, 0.3) is 0 Å². The average molecular weight is 293 g/mol. The smallest absolute Gasteiger partial charge is 0.225 e. The van der Waals surface area contributed by atoms with Crippen LogP contribution in [0.2, 0.25) is 0 Å². The lowest BCUT2D eigenvalue weighted by atomic mass is 9.80. The zero-order valence-electron chi connectivity index (χ0n) is 13.5. The second kappa shape index (κ2) is 7.10. The number of amides is 1. The van der Waals surface area contributed by atoms with Crippen molar-refractivity contribution in [2.45, 2.75) is 51.5 Å². The van der Waals surface area contributed by atoms with Crippen LogP contribution < -0.4 is 5.32 Å². The Hall–Kier alpha value is -0.610. The highest BCUT2D eigenvalue weighted by Crippen LogP contribution is 2.32. The van der Waals surface area contributed by atoms with Crippen LogP contribution in [0.25, 0.3) is 0 Å². The number of hydrogen-bond acceptors (Lipinski definition) is 3. The van der Waals surface area contributed by atoms with Crippen LogP contribution in [0.1, 0.15) is 45.4 Å².